The highest BCUT2D eigenvalue weighted by molar-refractivity contribution is 7.18. The van der Waals surface area contributed by atoms with E-state index in [2.05, 4.69) is 47.5 Å². The van der Waals surface area contributed by atoms with Crippen LogP contribution in [0.1, 0.15) is 29.3 Å². The van der Waals surface area contributed by atoms with Gasteiger partial charge in [0.25, 0.3) is 0 Å². The fourth-order valence-electron chi connectivity index (χ4n) is 3.14. The molecule has 0 aliphatic heterocycles. The normalized spacial score (nSPS) is 22.4. The van der Waals surface area contributed by atoms with Gasteiger partial charge in [0.15, 0.2) is 0 Å². The summed E-state index contributed by atoms with van der Waals surface area (Å²) in [5.74, 6) is 1.64. The van der Waals surface area contributed by atoms with Gasteiger partial charge in [0.1, 0.15) is 5.01 Å². The lowest BCUT2D eigenvalue weighted by atomic mass is 9.71. The summed E-state index contributed by atoms with van der Waals surface area (Å²) in [5.41, 5.74) is 2.65. The first-order chi connectivity index (χ1) is 9.65. The topological polar surface area (TPSA) is 28.2 Å². The molecule has 0 bridgehead atoms. The quantitative estimate of drug-likeness (QED) is 0.917. The van der Waals surface area contributed by atoms with Gasteiger partial charge in [-0.1, -0.05) is 6.07 Å². The van der Waals surface area contributed by atoms with Gasteiger partial charge >= 0.3 is 0 Å². The number of fused-ring (bicyclic) bond motifs is 1. The first-order valence-corrected chi connectivity index (χ1v) is 8.16. The minimum atomic E-state index is 0.763. The van der Waals surface area contributed by atoms with Crippen molar-refractivity contribution in [2.45, 2.75) is 25.3 Å². The van der Waals surface area contributed by atoms with Crippen LogP contribution in [-0.2, 0) is 6.54 Å². The summed E-state index contributed by atoms with van der Waals surface area (Å²) < 4.78 is 1.34. The zero-order valence-corrected chi connectivity index (χ0v) is 13.3. The van der Waals surface area contributed by atoms with Crippen LogP contribution >= 0.6 is 11.3 Å². The van der Waals surface area contributed by atoms with Crippen molar-refractivity contribution in [1.82, 2.24) is 15.2 Å². The van der Waals surface area contributed by atoms with Gasteiger partial charge in [0, 0.05) is 13.1 Å². The summed E-state index contributed by atoms with van der Waals surface area (Å²) in [4.78, 5) is 6.95. The van der Waals surface area contributed by atoms with Crippen LogP contribution in [0.15, 0.2) is 18.2 Å². The van der Waals surface area contributed by atoms with E-state index in [4.69, 9.17) is 0 Å². The number of hydrogen-bond acceptors (Lipinski definition) is 4. The Morgan fingerprint density at radius 3 is 2.85 bits per heavy atom. The SMILES string of the molecule is CNCc1nc2ccc(C3CC(CN(C)C)C3)cc2s1. The molecule has 0 unspecified atom stereocenters. The second kappa shape index (κ2) is 5.80. The maximum atomic E-state index is 4.65. The molecule has 1 aliphatic carbocycles. The van der Waals surface area contributed by atoms with E-state index >= 15 is 0 Å². The molecule has 0 atom stereocenters. The van der Waals surface area contributed by atoms with Gasteiger partial charge in [0.2, 0.25) is 0 Å². The van der Waals surface area contributed by atoms with Gasteiger partial charge in [-0.25, -0.2) is 4.98 Å². The van der Waals surface area contributed by atoms with Gasteiger partial charge in [-0.3, -0.25) is 0 Å². The molecule has 1 saturated carbocycles. The molecule has 4 heteroatoms. The maximum absolute atomic E-state index is 4.65. The number of thiazole rings is 1. The highest BCUT2D eigenvalue weighted by Gasteiger charge is 2.30. The molecular weight excluding hydrogens is 266 g/mol. The summed E-state index contributed by atoms with van der Waals surface area (Å²) in [5, 5.41) is 4.35. The maximum Gasteiger partial charge on any atom is 0.108 e. The first-order valence-electron chi connectivity index (χ1n) is 7.34. The molecule has 0 spiro atoms. The molecule has 1 aromatic heterocycles. The molecule has 1 aromatic carbocycles. The largest absolute Gasteiger partial charge is 0.314 e. The van der Waals surface area contributed by atoms with E-state index in [1.165, 1.54) is 34.7 Å². The predicted molar refractivity (Wildman–Crippen MR) is 86.4 cm³/mol. The molecule has 3 nitrogen and oxygen atoms in total. The molecule has 108 valence electrons. The molecule has 1 heterocycles. The Balaban J connectivity index is 1.70. The zero-order chi connectivity index (χ0) is 14.1. The standard InChI is InChI=1S/C16H23N3S/c1-17-9-16-18-14-5-4-12(8-15(14)20-16)13-6-11(7-13)10-19(2)3/h4-5,8,11,13,17H,6-7,9-10H2,1-3H3. The molecule has 1 N–H and O–H groups in total. The third kappa shape index (κ3) is 2.87. The third-order valence-corrected chi connectivity index (χ3v) is 5.13. The minimum Gasteiger partial charge on any atom is -0.314 e. The van der Waals surface area contributed by atoms with Crippen molar-refractivity contribution in [3.8, 4) is 0 Å². The third-order valence-electron chi connectivity index (χ3n) is 4.12. The van der Waals surface area contributed by atoms with Crippen LogP contribution < -0.4 is 5.32 Å². The monoisotopic (exact) mass is 289 g/mol. The number of nitrogens with zero attached hydrogens (tertiary/aromatic N) is 2. The summed E-state index contributed by atoms with van der Waals surface area (Å²) >= 11 is 1.82. The molecule has 0 radical (unpaired) electrons. The van der Waals surface area contributed by atoms with Crippen LogP contribution in [0.4, 0.5) is 0 Å². The lowest BCUT2D eigenvalue weighted by Crippen LogP contribution is -2.31. The number of rotatable bonds is 5. The molecule has 1 fully saturated rings. The van der Waals surface area contributed by atoms with E-state index in [1.807, 2.05) is 18.4 Å². The lowest BCUT2D eigenvalue weighted by Gasteiger charge is -2.37. The van der Waals surface area contributed by atoms with E-state index in [9.17, 15) is 0 Å². The Bertz CT molecular complexity index is 584. The van der Waals surface area contributed by atoms with E-state index in [1.54, 1.807) is 0 Å². The highest BCUT2D eigenvalue weighted by Crippen LogP contribution is 2.42. The van der Waals surface area contributed by atoms with Crippen molar-refractivity contribution in [3.63, 3.8) is 0 Å². The number of aromatic nitrogens is 1. The molecule has 0 amide bonds. The van der Waals surface area contributed by atoms with Crippen LogP contribution in [0.25, 0.3) is 10.2 Å². The van der Waals surface area contributed by atoms with Gasteiger partial charge in [-0.2, -0.15) is 0 Å². The molecular formula is C16H23N3S. The number of nitrogens with one attached hydrogen (secondary N) is 1. The van der Waals surface area contributed by atoms with Crippen LogP contribution in [0.3, 0.4) is 0 Å². The molecule has 3 rings (SSSR count). The molecule has 20 heavy (non-hydrogen) atoms. The summed E-state index contributed by atoms with van der Waals surface area (Å²) in [6.07, 6.45) is 2.68. The van der Waals surface area contributed by atoms with Gasteiger partial charge in [-0.05, 0) is 63.5 Å². The Kier molecular flexibility index (Phi) is 4.06. The summed E-state index contributed by atoms with van der Waals surface area (Å²) in [6, 6.07) is 6.84. The molecule has 2 aromatic rings. The average molecular weight is 289 g/mol. The fourth-order valence-corrected chi connectivity index (χ4v) is 4.17. The van der Waals surface area contributed by atoms with Crippen LogP contribution in [0.5, 0.6) is 0 Å². The summed E-state index contributed by atoms with van der Waals surface area (Å²) in [7, 11) is 6.30. The fraction of sp³-hybridized carbons (Fsp3) is 0.562. The average Bonchev–Trinajstić information content (AvgIpc) is 2.74. The second-order valence-corrected chi connectivity index (χ2v) is 7.28. The van der Waals surface area contributed by atoms with Crippen molar-refractivity contribution < 1.29 is 0 Å². The predicted octanol–water partition coefficient (Wildman–Crippen LogP) is 3.07. The second-order valence-electron chi connectivity index (χ2n) is 6.16. The van der Waals surface area contributed by atoms with E-state index < -0.39 is 0 Å². The Morgan fingerprint density at radius 2 is 2.15 bits per heavy atom. The smallest absolute Gasteiger partial charge is 0.108 e. The highest BCUT2D eigenvalue weighted by atomic mass is 32.1. The number of hydrogen-bond donors (Lipinski definition) is 1. The van der Waals surface area contributed by atoms with Gasteiger partial charge in [0.05, 0.1) is 10.2 Å². The summed E-state index contributed by atoms with van der Waals surface area (Å²) in [6.45, 7) is 2.09. The van der Waals surface area contributed by atoms with Crippen molar-refractivity contribution in [2.75, 3.05) is 27.7 Å². The van der Waals surface area contributed by atoms with E-state index in [0.717, 1.165) is 23.9 Å². The first kappa shape index (κ1) is 14.0. The lowest BCUT2D eigenvalue weighted by molar-refractivity contribution is 0.200. The van der Waals surface area contributed by atoms with Crippen LogP contribution in [0, 0.1) is 5.92 Å². The van der Waals surface area contributed by atoms with E-state index in [0.29, 0.717) is 0 Å². The Labute approximate surface area is 125 Å². The van der Waals surface area contributed by atoms with Gasteiger partial charge < -0.3 is 10.2 Å². The minimum absolute atomic E-state index is 0.763. The van der Waals surface area contributed by atoms with Crippen molar-refractivity contribution >= 4 is 21.6 Å². The Morgan fingerprint density at radius 1 is 1.35 bits per heavy atom. The Hall–Kier alpha value is -0.970. The van der Waals surface area contributed by atoms with Gasteiger partial charge in [-0.15, -0.1) is 11.3 Å². The van der Waals surface area contributed by atoms with Crippen LogP contribution in [-0.4, -0.2) is 37.6 Å². The number of benzene rings is 1. The zero-order valence-electron chi connectivity index (χ0n) is 12.5. The van der Waals surface area contributed by atoms with Crippen molar-refractivity contribution in [1.29, 1.82) is 0 Å². The molecule has 0 saturated heterocycles. The van der Waals surface area contributed by atoms with E-state index in [-0.39, 0.29) is 0 Å². The van der Waals surface area contributed by atoms with Crippen molar-refractivity contribution in [3.05, 3.63) is 28.8 Å². The van der Waals surface area contributed by atoms with Crippen molar-refractivity contribution in [2.24, 2.45) is 5.92 Å². The molecule has 1 aliphatic rings. The van der Waals surface area contributed by atoms with Crippen LogP contribution in [0.2, 0.25) is 0 Å².